The van der Waals surface area contributed by atoms with Gasteiger partial charge in [-0.3, -0.25) is 5.10 Å². The number of nitrogens with one attached hydrogen (secondary N) is 1. The van der Waals surface area contributed by atoms with Gasteiger partial charge in [-0.1, -0.05) is 42.5 Å². The molecule has 3 nitrogen and oxygen atoms in total. The van der Waals surface area contributed by atoms with E-state index in [1.807, 2.05) is 12.1 Å². The Morgan fingerprint density at radius 3 is 2.71 bits per heavy atom. The van der Waals surface area contributed by atoms with E-state index in [0.717, 1.165) is 5.82 Å². The molecule has 4 heteroatoms. The zero-order chi connectivity index (χ0) is 11.7. The highest BCUT2D eigenvalue weighted by atomic mass is 35.5. The monoisotopic (exact) mass is 243 g/mol. The van der Waals surface area contributed by atoms with Crippen molar-refractivity contribution in [3.8, 4) is 0 Å². The highest BCUT2D eigenvalue weighted by Gasteiger charge is 2.05. The van der Waals surface area contributed by atoms with E-state index in [4.69, 9.17) is 11.6 Å². The summed E-state index contributed by atoms with van der Waals surface area (Å²) < 4.78 is 0. The Labute approximate surface area is 103 Å². The quantitative estimate of drug-likeness (QED) is 0.751. The summed E-state index contributed by atoms with van der Waals surface area (Å²) in [6.07, 6.45) is 0.709. The molecule has 0 aliphatic rings. The lowest BCUT2D eigenvalue weighted by molar-refractivity contribution is 0.977. The van der Waals surface area contributed by atoms with E-state index in [9.17, 15) is 0 Å². The maximum atomic E-state index is 5.69. The number of nitrogens with zero attached hydrogens (tertiary/aromatic N) is 2. The Morgan fingerprint density at radius 2 is 1.88 bits per heavy atom. The molecule has 0 aliphatic carbocycles. The fraction of sp³-hybridized carbons (Fsp3) is 0.0769. The van der Waals surface area contributed by atoms with Crippen molar-refractivity contribution in [2.24, 2.45) is 0 Å². The molecule has 17 heavy (non-hydrogen) atoms. The number of halogens is 1. The maximum Gasteiger partial charge on any atom is 0.242 e. The molecular formula is C13H10ClN3. The molecular weight excluding hydrogens is 234 g/mol. The molecule has 0 amide bonds. The van der Waals surface area contributed by atoms with Crippen LogP contribution in [0, 0.1) is 0 Å². The molecule has 0 aliphatic heterocycles. The third kappa shape index (κ3) is 2.01. The van der Waals surface area contributed by atoms with E-state index >= 15 is 0 Å². The van der Waals surface area contributed by atoms with E-state index in [-0.39, 0.29) is 5.28 Å². The first kappa shape index (κ1) is 10.3. The standard InChI is InChI=1S/C13H10ClN3/c14-13-15-12(16-17-13)8-10-6-3-5-9-4-1-2-7-11(9)10/h1-7H,8H2,(H,15,16,17). The highest BCUT2D eigenvalue weighted by molar-refractivity contribution is 6.28. The zero-order valence-electron chi connectivity index (χ0n) is 9.02. The molecule has 1 N–H and O–H groups in total. The third-order valence-electron chi connectivity index (χ3n) is 2.74. The fourth-order valence-electron chi connectivity index (χ4n) is 1.98. The fourth-order valence-corrected chi connectivity index (χ4v) is 2.12. The van der Waals surface area contributed by atoms with Crippen molar-refractivity contribution < 1.29 is 0 Å². The molecule has 0 fully saturated rings. The maximum absolute atomic E-state index is 5.69. The molecule has 3 aromatic rings. The minimum atomic E-state index is 0.264. The first-order valence-corrected chi connectivity index (χ1v) is 5.74. The molecule has 0 atom stereocenters. The van der Waals surface area contributed by atoms with Gasteiger partial charge in [-0.15, -0.1) is 5.10 Å². The van der Waals surface area contributed by atoms with Crippen molar-refractivity contribution in [3.63, 3.8) is 0 Å². The van der Waals surface area contributed by atoms with Crippen molar-refractivity contribution in [2.45, 2.75) is 6.42 Å². The van der Waals surface area contributed by atoms with Crippen molar-refractivity contribution in [2.75, 3.05) is 0 Å². The van der Waals surface area contributed by atoms with Crippen molar-refractivity contribution in [3.05, 3.63) is 59.1 Å². The molecule has 0 radical (unpaired) electrons. The Balaban J connectivity index is 2.05. The van der Waals surface area contributed by atoms with Gasteiger partial charge in [-0.25, -0.2) is 4.98 Å². The van der Waals surface area contributed by atoms with Crippen LogP contribution in [0.15, 0.2) is 42.5 Å². The summed E-state index contributed by atoms with van der Waals surface area (Å²) in [6.45, 7) is 0. The molecule has 0 saturated heterocycles. The third-order valence-corrected chi connectivity index (χ3v) is 2.91. The molecule has 1 aromatic heterocycles. The number of hydrogen-bond donors (Lipinski definition) is 1. The second kappa shape index (κ2) is 4.18. The van der Waals surface area contributed by atoms with Crippen LogP contribution in [-0.2, 0) is 6.42 Å². The second-order valence-corrected chi connectivity index (χ2v) is 4.20. The van der Waals surface area contributed by atoms with Gasteiger partial charge >= 0.3 is 0 Å². The molecule has 0 bridgehead atoms. The Morgan fingerprint density at radius 1 is 1.06 bits per heavy atom. The second-order valence-electron chi connectivity index (χ2n) is 3.87. The topological polar surface area (TPSA) is 41.6 Å². The zero-order valence-corrected chi connectivity index (χ0v) is 9.78. The van der Waals surface area contributed by atoms with Gasteiger partial charge in [0.1, 0.15) is 5.82 Å². The van der Waals surface area contributed by atoms with Crippen LogP contribution in [0.3, 0.4) is 0 Å². The Kier molecular flexibility index (Phi) is 2.53. The van der Waals surface area contributed by atoms with Crippen LogP contribution in [0.4, 0.5) is 0 Å². The van der Waals surface area contributed by atoms with Crippen LogP contribution < -0.4 is 0 Å². The van der Waals surface area contributed by atoms with Crippen LogP contribution in [-0.4, -0.2) is 15.2 Å². The highest BCUT2D eigenvalue weighted by Crippen LogP contribution is 2.20. The van der Waals surface area contributed by atoms with Crippen molar-refractivity contribution in [1.82, 2.24) is 15.2 Å². The number of hydrogen-bond acceptors (Lipinski definition) is 2. The lowest BCUT2D eigenvalue weighted by Crippen LogP contribution is -1.92. The summed E-state index contributed by atoms with van der Waals surface area (Å²) in [6, 6.07) is 14.5. The average Bonchev–Trinajstić information content (AvgIpc) is 2.75. The molecule has 2 aromatic carbocycles. The normalized spacial score (nSPS) is 10.9. The first-order valence-electron chi connectivity index (χ1n) is 5.36. The largest absolute Gasteiger partial charge is 0.261 e. The minimum Gasteiger partial charge on any atom is -0.261 e. The van der Waals surface area contributed by atoms with Crippen molar-refractivity contribution in [1.29, 1.82) is 0 Å². The van der Waals surface area contributed by atoms with Gasteiger partial charge in [0.25, 0.3) is 0 Å². The Hall–Kier alpha value is -1.87. The average molecular weight is 244 g/mol. The Bertz CT molecular complexity index is 655. The summed E-state index contributed by atoms with van der Waals surface area (Å²) in [5.41, 5.74) is 1.22. The van der Waals surface area contributed by atoms with Crippen LogP contribution >= 0.6 is 11.6 Å². The van der Waals surface area contributed by atoms with Crippen LogP contribution in [0.1, 0.15) is 11.4 Å². The summed E-state index contributed by atoms with van der Waals surface area (Å²) in [5, 5.41) is 9.38. The molecule has 1 heterocycles. The van der Waals surface area contributed by atoms with Crippen LogP contribution in [0.25, 0.3) is 10.8 Å². The molecule has 84 valence electrons. The number of aromatic nitrogens is 3. The molecule has 0 unspecified atom stereocenters. The number of benzene rings is 2. The molecule has 0 spiro atoms. The van der Waals surface area contributed by atoms with Gasteiger partial charge in [-0.2, -0.15) is 0 Å². The number of H-pyrrole nitrogens is 1. The lowest BCUT2D eigenvalue weighted by Gasteiger charge is -2.04. The lowest BCUT2D eigenvalue weighted by atomic mass is 10.0. The minimum absolute atomic E-state index is 0.264. The van der Waals surface area contributed by atoms with Crippen molar-refractivity contribution >= 4 is 22.4 Å². The summed E-state index contributed by atoms with van der Waals surface area (Å²) in [7, 11) is 0. The predicted molar refractivity (Wildman–Crippen MR) is 68.1 cm³/mol. The number of aromatic amines is 1. The summed E-state index contributed by atoms with van der Waals surface area (Å²) in [4.78, 5) is 4.11. The van der Waals surface area contributed by atoms with E-state index < -0.39 is 0 Å². The number of fused-ring (bicyclic) bond motifs is 1. The van der Waals surface area contributed by atoms with Gasteiger partial charge in [-0.05, 0) is 27.9 Å². The molecule has 3 rings (SSSR count). The van der Waals surface area contributed by atoms with Gasteiger partial charge in [0.05, 0.1) is 0 Å². The van der Waals surface area contributed by atoms with E-state index in [0.29, 0.717) is 6.42 Å². The number of rotatable bonds is 2. The summed E-state index contributed by atoms with van der Waals surface area (Å²) >= 11 is 5.69. The van der Waals surface area contributed by atoms with E-state index in [1.165, 1.54) is 16.3 Å². The SMILES string of the molecule is Clc1n[nH]c(Cc2cccc3ccccc23)n1. The van der Waals surface area contributed by atoms with E-state index in [1.54, 1.807) is 0 Å². The van der Waals surface area contributed by atoms with Gasteiger partial charge < -0.3 is 0 Å². The predicted octanol–water partition coefficient (Wildman–Crippen LogP) is 3.20. The van der Waals surface area contributed by atoms with Gasteiger partial charge in [0.2, 0.25) is 5.28 Å². The van der Waals surface area contributed by atoms with Gasteiger partial charge in [0, 0.05) is 6.42 Å². The summed E-state index contributed by atoms with van der Waals surface area (Å²) in [5.74, 6) is 0.784. The van der Waals surface area contributed by atoms with Crippen LogP contribution in [0.5, 0.6) is 0 Å². The van der Waals surface area contributed by atoms with E-state index in [2.05, 4.69) is 45.5 Å². The molecule has 0 saturated carbocycles. The smallest absolute Gasteiger partial charge is 0.242 e. The van der Waals surface area contributed by atoms with Gasteiger partial charge in [0.15, 0.2) is 0 Å². The van der Waals surface area contributed by atoms with Crippen LogP contribution in [0.2, 0.25) is 5.28 Å². The first-order chi connectivity index (χ1) is 8.33.